The first-order valence-corrected chi connectivity index (χ1v) is 12.6. The van der Waals surface area contributed by atoms with E-state index in [1.165, 1.54) is 0 Å². The number of pyridine rings is 1. The predicted octanol–water partition coefficient (Wildman–Crippen LogP) is 5.03. The Kier molecular flexibility index (Phi) is 8.05. The third-order valence-electron chi connectivity index (χ3n) is 6.75. The van der Waals surface area contributed by atoms with Crippen LogP contribution in [-0.4, -0.2) is 66.1 Å². The van der Waals surface area contributed by atoms with Gasteiger partial charge in [-0.3, -0.25) is 9.88 Å². The first-order valence-electron chi connectivity index (χ1n) is 12.6. The topological polar surface area (TPSA) is 89.6 Å². The molecule has 1 unspecified atom stereocenters. The summed E-state index contributed by atoms with van der Waals surface area (Å²) in [5, 5.41) is 9.91. The molecule has 1 aliphatic rings. The summed E-state index contributed by atoms with van der Waals surface area (Å²) in [7, 11) is 1.86. The van der Waals surface area contributed by atoms with Gasteiger partial charge in [0.15, 0.2) is 0 Å². The largest absolute Gasteiger partial charge is 0.337 e. The van der Waals surface area contributed by atoms with E-state index in [2.05, 4.69) is 45.7 Å². The zero-order chi connectivity index (χ0) is 25.7. The number of anilines is 2. The lowest BCUT2D eigenvalue weighted by Gasteiger charge is -2.26. The Morgan fingerprint density at radius 1 is 1.08 bits per heavy atom. The van der Waals surface area contributed by atoms with Crippen LogP contribution in [0.1, 0.15) is 37.4 Å². The van der Waals surface area contributed by atoms with Crippen molar-refractivity contribution in [1.82, 2.24) is 20.1 Å². The van der Waals surface area contributed by atoms with E-state index in [4.69, 9.17) is 0 Å². The Morgan fingerprint density at radius 2 is 1.83 bits per heavy atom. The van der Waals surface area contributed by atoms with Crippen LogP contribution in [0.15, 0.2) is 54.6 Å². The molecule has 1 atom stereocenters. The average molecular weight is 489 g/mol. The Bertz CT molecular complexity index is 1230. The average Bonchev–Trinajstić information content (AvgIpc) is 3.32. The van der Waals surface area contributed by atoms with Gasteiger partial charge in [0, 0.05) is 56.0 Å². The van der Waals surface area contributed by atoms with E-state index in [9.17, 15) is 9.59 Å². The molecule has 4 amide bonds. The number of hydrogen-bond donors (Lipinski definition) is 3. The SMILES string of the molecule is Cc1cc(NC(=O)NCCN2CCC(N(C)C(=O)Nc3ccccc3C(C)C)C2)c2ccccc2n1. The van der Waals surface area contributed by atoms with Crippen molar-refractivity contribution < 1.29 is 9.59 Å². The van der Waals surface area contributed by atoms with E-state index < -0.39 is 0 Å². The zero-order valence-electron chi connectivity index (χ0n) is 21.5. The van der Waals surface area contributed by atoms with Crippen molar-refractivity contribution in [1.29, 1.82) is 0 Å². The van der Waals surface area contributed by atoms with Gasteiger partial charge >= 0.3 is 12.1 Å². The number of carbonyl (C=O) groups excluding carboxylic acids is 2. The fraction of sp³-hybridized carbons (Fsp3) is 0.393. The van der Waals surface area contributed by atoms with Gasteiger partial charge in [-0.05, 0) is 43.0 Å². The Hall–Kier alpha value is -3.65. The van der Waals surface area contributed by atoms with Crippen LogP contribution in [-0.2, 0) is 0 Å². The number of benzene rings is 2. The van der Waals surface area contributed by atoms with Crippen LogP contribution in [0.3, 0.4) is 0 Å². The summed E-state index contributed by atoms with van der Waals surface area (Å²) in [5.41, 5.74) is 4.46. The minimum absolute atomic E-state index is 0.0904. The number of likely N-dealkylation sites (N-methyl/N-ethyl adjacent to an activating group) is 1. The molecule has 2 heterocycles. The number of carbonyl (C=O) groups is 2. The maximum atomic E-state index is 12.9. The minimum Gasteiger partial charge on any atom is -0.337 e. The molecule has 8 heteroatoms. The number of aromatic nitrogens is 1. The molecule has 1 saturated heterocycles. The molecule has 0 bridgehead atoms. The lowest BCUT2D eigenvalue weighted by Crippen LogP contribution is -2.42. The van der Waals surface area contributed by atoms with Gasteiger partial charge in [-0.2, -0.15) is 0 Å². The van der Waals surface area contributed by atoms with Crippen molar-refractivity contribution in [3.05, 3.63) is 65.9 Å². The number of fused-ring (bicyclic) bond motifs is 1. The number of likely N-dealkylation sites (tertiary alicyclic amines) is 1. The van der Waals surface area contributed by atoms with Crippen molar-refractivity contribution in [2.24, 2.45) is 0 Å². The Balaban J connectivity index is 1.24. The van der Waals surface area contributed by atoms with Crippen LogP contribution in [0, 0.1) is 6.92 Å². The highest BCUT2D eigenvalue weighted by Crippen LogP contribution is 2.25. The smallest absolute Gasteiger partial charge is 0.321 e. The first-order chi connectivity index (χ1) is 17.3. The summed E-state index contributed by atoms with van der Waals surface area (Å²) >= 11 is 0. The number of urea groups is 2. The molecule has 3 N–H and O–H groups in total. The van der Waals surface area contributed by atoms with Gasteiger partial charge in [-0.1, -0.05) is 50.2 Å². The first kappa shape index (κ1) is 25.4. The van der Waals surface area contributed by atoms with Crippen LogP contribution in [0.25, 0.3) is 10.9 Å². The van der Waals surface area contributed by atoms with Gasteiger partial charge in [-0.15, -0.1) is 0 Å². The van der Waals surface area contributed by atoms with Crippen molar-refractivity contribution in [2.75, 3.05) is 43.9 Å². The third-order valence-corrected chi connectivity index (χ3v) is 6.75. The summed E-state index contributed by atoms with van der Waals surface area (Å²) in [6.45, 7) is 9.09. The summed E-state index contributed by atoms with van der Waals surface area (Å²) < 4.78 is 0. The second-order valence-corrected chi connectivity index (χ2v) is 9.74. The molecule has 0 radical (unpaired) electrons. The predicted molar refractivity (Wildman–Crippen MR) is 146 cm³/mol. The summed E-state index contributed by atoms with van der Waals surface area (Å²) in [6, 6.07) is 17.4. The van der Waals surface area contributed by atoms with Gasteiger partial charge in [0.1, 0.15) is 0 Å². The van der Waals surface area contributed by atoms with Gasteiger partial charge in [-0.25, -0.2) is 9.59 Å². The molecule has 8 nitrogen and oxygen atoms in total. The van der Waals surface area contributed by atoms with E-state index in [0.717, 1.165) is 59.6 Å². The molecule has 0 saturated carbocycles. The normalized spacial score (nSPS) is 15.8. The number of para-hydroxylation sites is 2. The number of amides is 4. The molecule has 1 fully saturated rings. The molecular formula is C28H36N6O2. The highest BCUT2D eigenvalue weighted by Gasteiger charge is 2.28. The van der Waals surface area contributed by atoms with E-state index in [1.54, 1.807) is 4.90 Å². The molecule has 1 aliphatic heterocycles. The van der Waals surface area contributed by atoms with E-state index in [-0.39, 0.29) is 18.1 Å². The van der Waals surface area contributed by atoms with Crippen LogP contribution >= 0.6 is 0 Å². The number of hydrogen-bond acceptors (Lipinski definition) is 4. The van der Waals surface area contributed by atoms with Crippen LogP contribution in [0.2, 0.25) is 0 Å². The fourth-order valence-corrected chi connectivity index (χ4v) is 4.72. The highest BCUT2D eigenvalue weighted by atomic mass is 16.2. The molecular weight excluding hydrogens is 452 g/mol. The number of aryl methyl sites for hydroxylation is 1. The van der Waals surface area contributed by atoms with Gasteiger partial charge in [0.05, 0.1) is 11.2 Å². The molecule has 1 aromatic heterocycles. The minimum atomic E-state index is -0.234. The monoisotopic (exact) mass is 488 g/mol. The number of nitrogens with one attached hydrogen (secondary N) is 3. The van der Waals surface area contributed by atoms with Crippen LogP contribution in [0.5, 0.6) is 0 Å². The fourth-order valence-electron chi connectivity index (χ4n) is 4.72. The van der Waals surface area contributed by atoms with Gasteiger partial charge in [0.25, 0.3) is 0 Å². The second-order valence-electron chi connectivity index (χ2n) is 9.74. The van der Waals surface area contributed by atoms with Crippen LogP contribution in [0.4, 0.5) is 21.0 Å². The molecule has 3 aromatic rings. The zero-order valence-corrected chi connectivity index (χ0v) is 21.5. The van der Waals surface area contributed by atoms with Crippen molar-refractivity contribution >= 4 is 34.3 Å². The molecule has 2 aromatic carbocycles. The Morgan fingerprint density at radius 3 is 2.64 bits per heavy atom. The van der Waals surface area contributed by atoms with Gasteiger partial charge < -0.3 is 20.9 Å². The third kappa shape index (κ3) is 6.12. The maximum Gasteiger partial charge on any atom is 0.321 e. The summed E-state index contributed by atoms with van der Waals surface area (Å²) in [4.78, 5) is 34.0. The second kappa shape index (κ2) is 11.4. The molecule has 190 valence electrons. The number of rotatable bonds is 7. The standard InChI is InChI=1S/C28H36N6O2/c1-19(2)22-9-5-7-11-24(22)32-28(36)33(4)21-13-15-34(18-21)16-14-29-27(35)31-26-17-20(3)30-25-12-8-6-10-23(25)26/h5-12,17,19,21H,13-16,18H2,1-4H3,(H,32,36)(H2,29,30,31,35). The molecule has 36 heavy (non-hydrogen) atoms. The molecule has 0 spiro atoms. The molecule has 4 rings (SSSR count). The number of nitrogens with zero attached hydrogens (tertiary/aromatic N) is 3. The van der Waals surface area contributed by atoms with Crippen molar-refractivity contribution in [3.8, 4) is 0 Å². The van der Waals surface area contributed by atoms with Crippen molar-refractivity contribution in [3.63, 3.8) is 0 Å². The van der Waals surface area contributed by atoms with Gasteiger partial charge in [0.2, 0.25) is 0 Å². The van der Waals surface area contributed by atoms with Crippen LogP contribution < -0.4 is 16.0 Å². The van der Waals surface area contributed by atoms with Crippen molar-refractivity contribution in [2.45, 2.75) is 39.2 Å². The summed E-state index contributed by atoms with van der Waals surface area (Å²) in [6.07, 6.45) is 0.907. The van der Waals surface area contributed by atoms with E-state index in [0.29, 0.717) is 12.5 Å². The lowest BCUT2D eigenvalue weighted by molar-refractivity contribution is 0.202. The maximum absolute atomic E-state index is 12.9. The Labute approximate surface area is 213 Å². The van der Waals surface area contributed by atoms with E-state index in [1.807, 2.05) is 62.5 Å². The molecule has 0 aliphatic carbocycles. The summed E-state index contributed by atoms with van der Waals surface area (Å²) in [5.74, 6) is 0.333. The lowest BCUT2D eigenvalue weighted by atomic mass is 10.0. The quantitative estimate of drug-likeness (QED) is 0.435. The highest BCUT2D eigenvalue weighted by molar-refractivity contribution is 6.00. The van der Waals surface area contributed by atoms with E-state index >= 15 is 0 Å².